The lowest BCUT2D eigenvalue weighted by atomic mass is 10.0. The molecule has 2 N–H and O–H groups in total. The Bertz CT molecular complexity index is 1920. The first-order valence-electron chi connectivity index (χ1n) is 13.3. The molecule has 3 aromatic carbocycles. The Hall–Kier alpha value is -4.84. The van der Waals surface area contributed by atoms with Crippen molar-refractivity contribution < 1.29 is 32.2 Å². The van der Waals surface area contributed by atoms with Crippen molar-refractivity contribution in [2.24, 2.45) is 0 Å². The number of halogens is 1. The van der Waals surface area contributed by atoms with Crippen molar-refractivity contribution in [3.8, 4) is 17.4 Å². The number of anilines is 1. The maximum Gasteiger partial charge on any atom is 0.239 e. The fraction of sp³-hybridized carbons (Fsp3) is 0.226. The summed E-state index contributed by atoms with van der Waals surface area (Å²) in [5.74, 6) is -0.0688. The van der Waals surface area contributed by atoms with Crippen LogP contribution in [0, 0.1) is 5.82 Å². The lowest BCUT2D eigenvalue weighted by Gasteiger charge is -2.22. The van der Waals surface area contributed by atoms with Crippen LogP contribution in [-0.2, 0) is 34.4 Å². The third-order valence-electron chi connectivity index (χ3n) is 7.22. The van der Waals surface area contributed by atoms with E-state index in [-0.39, 0.29) is 47.6 Å². The fourth-order valence-corrected chi connectivity index (χ4v) is 5.42. The first kappa shape index (κ1) is 29.6. The molecule has 5 rings (SSSR count). The Morgan fingerprint density at radius 1 is 1.07 bits per heavy atom. The van der Waals surface area contributed by atoms with Crippen LogP contribution in [0.3, 0.4) is 0 Å². The molecule has 224 valence electrons. The number of amides is 1. The molecule has 43 heavy (non-hydrogen) atoms. The molecule has 0 aliphatic heterocycles. The Morgan fingerprint density at radius 3 is 2.37 bits per heavy atom. The van der Waals surface area contributed by atoms with Gasteiger partial charge in [-0.05, 0) is 53.4 Å². The molecule has 0 fully saturated rings. The van der Waals surface area contributed by atoms with Gasteiger partial charge in [-0.2, -0.15) is 0 Å². The monoisotopic (exact) mass is 606 g/mol. The normalized spacial score (nSPS) is 11.6. The van der Waals surface area contributed by atoms with Gasteiger partial charge in [-0.3, -0.25) is 14.1 Å². The van der Waals surface area contributed by atoms with E-state index in [2.05, 4.69) is 5.32 Å². The zero-order valence-corrected chi connectivity index (χ0v) is 24.9. The smallest absolute Gasteiger partial charge is 0.239 e. The van der Waals surface area contributed by atoms with E-state index in [1.54, 1.807) is 37.6 Å². The van der Waals surface area contributed by atoms with E-state index in [4.69, 9.17) is 14.5 Å². The molecule has 0 saturated carbocycles. The van der Waals surface area contributed by atoms with E-state index in [0.717, 1.165) is 27.3 Å². The van der Waals surface area contributed by atoms with Gasteiger partial charge in [0.05, 0.1) is 24.4 Å². The van der Waals surface area contributed by atoms with Crippen molar-refractivity contribution in [1.29, 1.82) is 0 Å². The highest BCUT2D eigenvalue weighted by Gasteiger charge is 2.28. The summed E-state index contributed by atoms with van der Waals surface area (Å²) in [6, 6.07) is 15.2. The number of aromatic nitrogens is 2. The van der Waals surface area contributed by atoms with Crippen LogP contribution < -0.4 is 19.1 Å². The first-order chi connectivity index (χ1) is 20.5. The average molecular weight is 607 g/mol. The zero-order valence-electron chi connectivity index (χ0n) is 24.1. The predicted octanol–water partition coefficient (Wildman–Crippen LogP) is 4.35. The molecule has 0 aliphatic rings. The van der Waals surface area contributed by atoms with Crippen molar-refractivity contribution in [3.63, 3.8) is 0 Å². The summed E-state index contributed by atoms with van der Waals surface area (Å²) in [5.41, 5.74) is 2.99. The number of nitrogens with one attached hydrogen (secondary N) is 1. The molecular weight excluding hydrogens is 575 g/mol. The Balaban J connectivity index is 1.75. The van der Waals surface area contributed by atoms with Crippen LogP contribution >= 0.6 is 0 Å². The molecule has 0 bridgehead atoms. The number of likely N-dealkylation sites (N-methyl/N-ethyl adjacent to an activating group) is 1. The number of fused-ring (bicyclic) bond motifs is 2. The maximum atomic E-state index is 13.5. The van der Waals surface area contributed by atoms with Crippen LogP contribution in [0.1, 0.15) is 16.7 Å². The largest absolute Gasteiger partial charge is 0.497 e. The number of benzene rings is 3. The van der Waals surface area contributed by atoms with Gasteiger partial charge in [0.1, 0.15) is 30.2 Å². The quantitative estimate of drug-likeness (QED) is 0.242. The Kier molecular flexibility index (Phi) is 8.14. The second-order valence-corrected chi connectivity index (χ2v) is 12.1. The van der Waals surface area contributed by atoms with Gasteiger partial charge in [0.15, 0.2) is 5.75 Å². The van der Waals surface area contributed by atoms with E-state index in [9.17, 15) is 22.7 Å². The molecule has 0 atom stereocenters. The molecule has 2 aromatic heterocycles. The SMILES string of the molecule is CNC(=O)Cn1cc2c(N(C)S(C)(=O)=O)c3cc(Cc4ccc(F)cc4)cnc3c(OCc3ccc(OC)cc3)c2c1O. The van der Waals surface area contributed by atoms with E-state index in [1.807, 2.05) is 18.2 Å². The fourth-order valence-electron chi connectivity index (χ4n) is 4.89. The topological polar surface area (TPSA) is 123 Å². The van der Waals surface area contributed by atoms with E-state index in [0.29, 0.717) is 28.5 Å². The van der Waals surface area contributed by atoms with Crippen LogP contribution in [0.4, 0.5) is 10.1 Å². The molecule has 12 heteroatoms. The van der Waals surface area contributed by atoms with E-state index in [1.165, 1.54) is 37.0 Å². The summed E-state index contributed by atoms with van der Waals surface area (Å²) < 4.78 is 53.3. The van der Waals surface area contributed by atoms with Gasteiger partial charge in [-0.15, -0.1) is 0 Å². The number of hydrogen-bond donors (Lipinski definition) is 2. The van der Waals surface area contributed by atoms with Crippen molar-refractivity contribution in [2.45, 2.75) is 19.6 Å². The second-order valence-electron chi connectivity index (χ2n) is 10.1. The number of methoxy groups -OCH3 is 1. The standard InChI is InChI=1S/C31H31FN4O6S/c1-33-26(37)17-36-16-25-27(31(36)38)30(42-18-20-7-11-23(41-3)12-8-20)28-24(29(25)35(2)43(4,39)40)14-21(15-34-28)13-19-5-9-22(32)10-6-19/h5-12,14-16,38H,13,17-18H2,1-4H3,(H,33,37). The van der Waals surface area contributed by atoms with Crippen LogP contribution in [0.2, 0.25) is 0 Å². The van der Waals surface area contributed by atoms with Gasteiger partial charge in [-0.1, -0.05) is 24.3 Å². The van der Waals surface area contributed by atoms with E-state index < -0.39 is 10.0 Å². The zero-order chi connectivity index (χ0) is 30.9. The number of nitrogens with zero attached hydrogens (tertiary/aromatic N) is 3. The van der Waals surface area contributed by atoms with Crippen molar-refractivity contribution in [1.82, 2.24) is 14.9 Å². The van der Waals surface area contributed by atoms with Crippen LogP contribution in [0.5, 0.6) is 17.4 Å². The molecule has 10 nitrogen and oxygen atoms in total. The number of ether oxygens (including phenoxy) is 2. The maximum absolute atomic E-state index is 13.5. The summed E-state index contributed by atoms with van der Waals surface area (Å²) >= 11 is 0. The molecule has 0 radical (unpaired) electrons. The molecule has 0 saturated heterocycles. The average Bonchev–Trinajstić information content (AvgIpc) is 3.30. The number of carbonyl (C=O) groups excluding carboxylic acids is 1. The highest BCUT2D eigenvalue weighted by atomic mass is 32.2. The summed E-state index contributed by atoms with van der Waals surface area (Å²) in [4.78, 5) is 17.0. The van der Waals surface area contributed by atoms with Gasteiger partial charge in [0.25, 0.3) is 0 Å². The minimum absolute atomic E-state index is 0.106. The lowest BCUT2D eigenvalue weighted by molar-refractivity contribution is -0.121. The molecule has 0 unspecified atom stereocenters. The molecular formula is C31H31FN4O6S. The van der Waals surface area contributed by atoms with Gasteiger partial charge in [-0.25, -0.2) is 12.8 Å². The van der Waals surface area contributed by atoms with Gasteiger partial charge in [0, 0.05) is 37.3 Å². The van der Waals surface area contributed by atoms with Crippen molar-refractivity contribution >= 4 is 43.3 Å². The summed E-state index contributed by atoms with van der Waals surface area (Å²) in [6.07, 6.45) is 4.66. The highest BCUT2D eigenvalue weighted by Crippen LogP contribution is 2.47. The predicted molar refractivity (Wildman–Crippen MR) is 163 cm³/mol. The van der Waals surface area contributed by atoms with Crippen molar-refractivity contribution in [2.75, 3.05) is 31.8 Å². The minimum Gasteiger partial charge on any atom is -0.497 e. The number of aromatic hydroxyl groups is 1. The van der Waals surface area contributed by atoms with Gasteiger partial charge in [0.2, 0.25) is 21.8 Å². The van der Waals surface area contributed by atoms with Crippen molar-refractivity contribution in [3.05, 3.63) is 89.5 Å². The Morgan fingerprint density at radius 2 is 1.74 bits per heavy atom. The number of pyridine rings is 1. The van der Waals surface area contributed by atoms with Crippen LogP contribution in [0.15, 0.2) is 67.0 Å². The summed E-state index contributed by atoms with van der Waals surface area (Å²) in [6.45, 7) is -0.106. The Labute approximate surface area is 248 Å². The molecule has 2 heterocycles. The number of carbonyl (C=O) groups is 1. The number of sulfonamides is 1. The number of hydrogen-bond acceptors (Lipinski definition) is 7. The molecule has 0 spiro atoms. The third-order valence-corrected chi connectivity index (χ3v) is 8.39. The van der Waals surface area contributed by atoms with Gasteiger partial charge >= 0.3 is 0 Å². The highest BCUT2D eigenvalue weighted by molar-refractivity contribution is 7.92. The molecule has 5 aromatic rings. The molecule has 1 amide bonds. The first-order valence-corrected chi connectivity index (χ1v) is 15.2. The summed E-state index contributed by atoms with van der Waals surface area (Å²) in [5, 5.41) is 14.9. The third kappa shape index (κ3) is 6.05. The van der Waals surface area contributed by atoms with Crippen LogP contribution in [-0.4, -0.2) is 56.4 Å². The number of rotatable bonds is 10. The lowest BCUT2D eigenvalue weighted by Crippen LogP contribution is -2.25. The second kappa shape index (κ2) is 11.8. The van der Waals surface area contributed by atoms with Gasteiger partial charge < -0.3 is 24.5 Å². The minimum atomic E-state index is -3.78. The molecule has 0 aliphatic carbocycles. The van der Waals surface area contributed by atoms with E-state index >= 15 is 0 Å². The van der Waals surface area contributed by atoms with Crippen LogP contribution in [0.25, 0.3) is 21.7 Å². The summed E-state index contributed by atoms with van der Waals surface area (Å²) in [7, 11) is 0.695.